The second-order valence-electron chi connectivity index (χ2n) is 5.15. The third-order valence-electron chi connectivity index (χ3n) is 3.63. The van der Waals surface area contributed by atoms with E-state index in [0.717, 1.165) is 16.7 Å². The van der Waals surface area contributed by atoms with Crippen molar-refractivity contribution in [3.05, 3.63) is 22.8 Å². The zero-order valence-electron chi connectivity index (χ0n) is 12.4. The number of esters is 1. The fourth-order valence-corrected chi connectivity index (χ4v) is 2.22. The summed E-state index contributed by atoms with van der Waals surface area (Å²) >= 11 is 0. The number of nitrogens with one attached hydrogen (secondary N) is 1. The summed E-state index contributed by atoms with van der Waals surface area (Å²) in [5.41, 5.74) is 1.83. The van der Waals surface area contributed by atoms with Gasteiger partial charge in [0, 0.05) is 0 Å². The minimum absolute atomic E-state index is 0.198. The molecule has 1 aromatic carbocycles. The number of hydrogen-bond acceptors (Lipinski definition) is 4. The number of fused-ring (bicyclic) bond motifs is 1. The fourth-order valence-electron chi connectivity index (χ4n) is 2.22. The summed E-state index contributed by atoms with van der Waals surface area (Å²) in [7, 11) is 0. The Kier molecular flexibility index (Phi) is 3.46. The van der Waals surface area contributed by atoms with Gasteiger partial charge >= 0.3 is 5.97 Å². The van der Waals surface area contributed by atoms with E-state index in [4.69, 9.17) is 9.47 Å². The second kappa shape index (κ2) is 4.81. The lowest BCUT2D eigenvalue weighted by atomic mass is 9.97. The lowest BCUT2D eigenvalue weighted by molar-refractivity contribution is -0.165. The van der Waals surface area contributed by atoms with Crippen molar-refractivity contribution in [2.24, 2.45) is 0 Å². The van der Waals surface area contributed by atoms with Crippen LogP contribution >= 0.6 is 0 Å². The third kappa shape index (κ3) is 2.03. The molecular formula is C15H19NO4. The smallest absolute Gasteiger partial charge is 0.360 e. The van der Waals surface area contributed by atoms with E-state index in [1.807, 2.05) is 26.8 Å². The van der Waals surface area contributed by atoms with Crippen molar-refractivity contribution in [2.45, 2.75) is 40.2 Å². The van der Waals surface area contributed by atoms with Crippen molar-refractivity contribution in [1.82, 2.24) is 0 Å². The molecule has 0 radical (unpaired) electrons. The van der Waals surface area contributed by atoms with Crippen molar-refractivity contribution in [1.29, 1.82) is 0 Å². The molecule has 5 heteroatoms. The van der Waals surface area contributed by atoms with Crippen LogP contribution in [0.3, 0.4) is 0 Å². The van der Waals surface area contributed by atoms with E-state index in [-0.39, 0.29) is 6.61 Å². The molecule has 1 heterocycles. The van der Waals surface area contributed by atoms with Gasteiger partial charge in [-0.25, -0.2) is 4.79 Å². The molecule has 0 saturated heterocycles. The highest BCUT2D eigenvalue weighted by Crippen LogP contribution is 2.40. The quantitative estimate of drug-likeness (QED) is 0.665. The van der Waals surface area contributed by atoms with Crippen molar-refractivity contribution in [3.63, 3.8) is 0 Å². The van der Waals surface area contributed by atoms with Crippen molar-refractivity contribution >= 4 is 17.6 Å². The van der Waals surface area contributed by atoms with Crippen molar-refractivity contribution in [2.75, 3.05) is 11.9 Å². The maximum Gasteiger partial charge on any atom is 0.360 e. The highest BCUT2D eigenvalue weighted by Gasteiger charge is 2.49. The van der Waals surface area contributed by atoms with Crippen LogP contribution in [-0.2, 0) is 14.3 Å². The Balaban J connectivity index is 2.52. The van der Waals surface area contributed by atoms with Gasteiger partial charge in [-0.15, -0.1) is 0 Å². The molecule has 1 amide bonds. The maximum atomic E-state index is 12.2. The van der Waals surface area contributed by atoms with Crippen LogP contribution in [0.5, 0.6) is 5.75 Å². The molecule has 1 aromatic rings. The summed E-state index contributed by atoms with van der Waals surface area (Å²) in [4.78, 5) is 24.2. The van der Waals surface area contributed by atoms with E-state index in [0.29, 0.717) is 11.4 Å². The number of ether oxygens (including phenoxy) is 2. The summed E-state index contributed by atoms with van der Waals surface area (Å²) in [5, 5.41) is 2.76. The van der Waals surface area contributed by atoms with E-state index < -0.39 is 17.5 Å². The van der Waals surface area contributed by atoms with E-state index >= 15 is 0 Å². The molecule has 1 aliphatic rings. The number of carbonyl (C=O) groups excluding carboxylic acids is 2. The first-order valence-corrected chi connectivity index (χ1v) is 6.59. The van der Waals surface area contributed by atoms with E-state index in [9.17, 15) is 9.59 Å². The second-order valence-corrected chi connectivity index (χ2v) is 5.15. The van der Waals surface area contributed by atoms with Gasteiger partial charge in [-0.3, -0.25) is 4.79 Å². The highest BCUT2D eigenvalue weighted by molar-refractivity contribution is 6.14. The largest absolute Gasteiger partial charge is 0.463 e. The number of amides is 1. The average Bonchev–Trinajstić information content (AvgIpc) is 2.39. The van der Waals surface area contributed by atoms with Gasteiger partial charge in [-0.1, -0.05) is 6.07 Å². The molecule has 1 unspecified atom stereocenters. The molecule has 2 rings (SSSR count). The first kappa shape index (κ1) is 14.4. The lowest BCUT2D eigenvalue weighted by Gasteiger charge is -2.34. The monoisotopic (exact) mass is 277 g/mol. The first-order valence-electron chi connectivity index (χ1n) is 6.59. The van der Waals surface area contributed by atoms with Gasteiger partial charge in [0.15, 0.2) is 0 Å². The topological polar surface area (TPSA) is 64.6 Å². The number of benzene rings is 1. The Bertz CT molecular complexity index is 594. The molecule has 0 fully saturated rings. The van der Waals surface area contributed by atoms with Crippen LogP contribution in [0.25, 0.3) is 0 Å². The molecule has 5 nitrogen and oxygen atoms in total. The molecule has 0 saturated carbocycles. The summed E-state index contributed by atoms with van der Waals surface area (Å²) in [6, 6.07) is 1.98. The zero-order valence-corrected chi connectivity index (χ0v) is 12.4. The molecule has 1 N–H and O–H groups in total. The molecule has 1 atom stereocenters. The Morgan fingerprint density at radius 2 is 2.00 bits per heavy atom. The van der Waals surface area contributed by atoms with E-state index in [2.05, 4.69) is 5.32 Å². The number of carbonyl (C=O) groups is 2. The minimum atomic E-state index is -1.64. The van der Waals surface area contributed by atoms with Crippen LogP contribution in [0.2, 0.25) is 0 Å². The number of hydrogen-bond donors (Lipinski definition) is 1. The van der Waals surface area contributed by atoms with Crippen molar-refractivity contribution < 1.29 is 19.1 Å². The highest BCUT2D eigenvalue weighted by atomic mass is 16.6. The fraction of sp³-hybridized carbons (Fsp3) is 0.467. The SMILES string of the molecule is CCOC(=O)C1(C)Oc2c(C)c(C)cc(C)c2NC1=O. The van der Waals surface area contributed by atoms with Crippen molar-refractivity contribution in [3.8, 4) is 5.75 Å². The van der Waals surface area contributed by atoms with E-state index in [1.54, 1.807) is 6.92 Å². The number of anilines is 1. The summed E-state index contributed by atoms with van der Waals surface area (Å²) in [6.07, 6.45) is 0. The van der Waals surface area contributed by atoms with Crippen LogP contribution in [0.4, 0.5) is 5.69 Å². The van der Waals surface area contributed by atoms with Gasteiger partial charge in [0.1, 0.15) is 5.75 Å². The number of aryl methyl sites for hydroxylation is 2. The average molecular weight is 277 g/mol. The molecule has 1 aliphatic heterocycles. The Labute approximate surface area is 118 Å². The summed E-state index contributed by atoms with van der Waals surface area (Å²) in [6.45, 7) is 9.07. The zero-order chi connectivity index (χ0) is 15.1. The predicted molar refractivity (Wildman–Crippen MR) is 74.9 cm³/mol. The molecule has 0 spiro atoms. The van der Waals surface area contributed by atoms with Gasteiger partial charge in [-0.2, -0.15) is 0 Å². The van der Waals surface area contributed by atoms with Crippen LogP contribution in [0, 0.1) is 20.8 Å². The van der Waals surface area contributed by atoms with Gasteiger partial charge < -0.3 is 14.8 Å². The van der Waals surface area contributed by atoms with Crippen LogP contribution in [0.15, 0.2) is 6.07 Å². The van der Waals surface area contributed by atoms with Gasteiger partial charge in [0.25, 0.3) is 11.5 Å². The predicted octanol–water partition coefficient (Wildman–Crippen LogP) is 2.26. The van der Waals surface area contributed by atoms with E-state index in [1.165, 1.54) is 6.92 Å². The van der Waals surface area contributed by atoms with Gasteiger partial charge in [-0.05, 0) is 51.3 Å². The van der Waals surface area contributed by atoms with Crippen LogP contribution in [0.1, 0.15) is 30.5 Å². The van der Waals surface area contributed by atoms with Crippen LogP contribution in [-0.4, -0.2) is 24.1 Å². The summed E-state index contributed by atoms with van der Waals surface area (Å²) < 4.78 is 10.7. The van der Waals surface area contributed by atoms with Crippen LogP contribution < -0.4 is 10.1 Å². The first-order chi connectivity index (χ1) is 9.31. The Morgan fingerprint density at radius 3 is 2.60 bits per heavy atom. The number of rotatable bonds is 2. The molecule has 108 valence electrons. The normalized spacial score (nSPS) is 20.8. The molecule has 0 aromatic heterocycles. The third-order valence-corrected chi connectivity index (χ3v) is 3.63. The Morgan fingerprint density at radius 1 is 1.35 bits per heavy atom. The standard InChI is InChI=1S/C15H19NO4/c1-6-19-14(18)15(5)13(17)16-11-9(3)7-8(2)10(4)12(11)20-15/h7H,6H2,1-5H3,(H,16,17). The molecule has 20 heavy (non-hydrogen) atoms. The van der Waals surface area contributed by atoms with Gasteiger partial charge in [0.2, 0.25) is 0 Å². The lowest BCUT2D eigenvalue weighted by Crippen LogP contribution is -2.55. The molecule has 0 aliphatic carbocycles. The maximum absolute atomic E-state index is 12.2. The molecule has 0 bridgehead atoms. The summed E-state index contributed by atoms with van der Waals surface area (Å²) in [5.74, 6) is -0.644. The van der Waals surface area contributed by atoms with Gasteiger partial charge in [0.05, 0.1) is 12.3 Å². The minimum Gasteiger partial charge on any atom is -0.463 e. The molecular weight excluding hydrogens is 258 g/mol. The Hall–Kier alpha value is -2.04.